The summed E-state index contributed by atoms with van der Waals surface area (Å²) in [6.07, 6.45) is 0.735. The third-order valence-corrected chi connectivity index (χ3v) is 5.18. The van der Waals surface area contributed by atoms with Gasteiger partial charge in [0, 0.05) is 12.8 Å². The van der Waals surface area contributed by atoms with Gasteiger partial charge >= 0.3 is 5.97 Å². The van der Waals surface area contributed by atoms with E-state index in [9.17, 15) is 4.79 Å². The summed E-state index contributed by atoms with van der Waals surface area (Å²) < 4.78 is 21.6. The number of carbonyl (C=O) groups is 1. The van der Waals surface area contributed by atoms with Gasteiger partial charge in [-0.1, -0.05) is 17.3 Å². The summed E-state index contributed by atoms with van der Waals surface area (Å²) in [5.74, 6) is -1.02. The lowest BCUT2D eigenvalue weighted by molar-refractivity contribution is -0.270. The normalized spacial score (nSPS) is 21.1. The molecular weight excluding hydrogens is 414 g/mol. The molecule has 0 aromatic heterocycles. The van der Waals surface area contributed by atoms with Crippen LogP contribution in [-0.4, -0.2) is 56.1 Å². The fourth-order valence-electron chi connectivity index (χ4n) is 3.16. The van der Waals surface area contributed by atoms with E-state index in [2.05, 4.69) is 5.16 Å². The molecule has 1 aliphatic heterocycles. The Balaban J connectivity index is 1.37. The summed E-state index contributed by atoms with van der Waals surface area (Å²) in [5, 5.41) is 13.2. The smallest absolute Gasteiger partial charge is 0.364 e. The van der Waals surface area contributed by atoms with Crippen molar-refractivity contribution in [3.05, 3.63) is 59.7 Å². The third-order valence-electron chi connectivity index (χ3n) is 5.18. The number of methoxy groups -OCH3 is 1. The Labute approximate surface area is 187 Å². The summed E-state index contributed by atoms with van der Waals surface area (Å²) in [5.41, 5.74) is 2.84. The van der Waals surface area contributed by atoms with Crippen LogP contribution in [0.25, 0.3) is 0 Å². The number of hydrogen-bond donors (Lipinski definition) is 1. The molecule has 32 heavy (non-hydrogen) atoms. The number of oxime groups is 1. The van der Waals surface area contributed by atoms with E-state index < -0.39 is 11.8 Å². The molecule has 8 nitrogen and oxygen atoms in total. The highest BCUT2D eigenvalue weighted by atomic mass is 16.7. The fourth-order valence-corrected chi connectivity index (χ4v) is 3.16. The molecular formula is C24H29NO7. The topological polar surface area (TPSA) is 95.8 Å². The molecule has 0 aliphatic carbocycles. The van der Waals surface area contributed by atoms with Crippen molar-refractivity contribution in [2.45, 2.75) is 26.1 Å². The minimum Gasteiger partial charge on any atom is -0.497 e. The lowest BCUT2D eigenvalue weighted by Gasteiger charge is -2.34. The molecule has 3 rings (SSSR count). The van der Waals surface area contributed by atoms with Crippen LogP contribution in [0.4, 0.5) is 0 Å². The molecule has 1 N–H and O–H groups in total. The van der Waals surface area contributed by atoms with Crippen LogP contribution in [0, 0.1) is 5.92 Å². The van der Waals surface area contributed by atoms with Gasteiger partial charge in [-0.2, -0.15) is 0 Å². The lowest BCUT2D eigenvalue weighted by atomic mass is 9.99. The summed E-state index contributed by atoms with van der Waals surface area (Å²) >= 11 is 0. The van der Waals surface area contributed by atoms with Crippen molar-refractivity contribution >= 4 is 11.7 Å². The Hall–Kier alpha value is -3.10. The van der Waals surface area contributed by atoms with Crippen molar-refractivity contribution < 1.29 is 33.7 Å². The van der Waals surface area contributed by atoms with Crippen LogP contribution in [-0.2, 0) is 25.5 Å². The Morgan fingerprint density at radius 1 is 1.06 bits per heavy atom. The van der Waals surface area contributed by atoms with Crippen molar-refractivity contribution in [3.63, 3.8) is 0 Å². The van der Waals surface area contributed by atoms with Crippen LogP contribution in [0.1, 0.15) is 25.0 Å². The molecule has 8 heteroatoms. The van der Waals surface area contributed by atoms with Gasteiger partial charge in [0.2, 0.25) is 0 Å². The molecule has 1 heterocycles. The average Bonchev–Trinajstić information content (AvgIpc) is 2.81. The number of carboxylic acids is 1. The predicted octanol–water partition coefficient (Wildman–Crippen LogP) is 3.52. The molecule has 0 saturated carbocycles. The van der Waals surface area contributed by atoms with Crippen LogP contribution in [0.5, 0.6) is 11.5 Å². The van der Waals surface area contributed by atoms with Gasteiger partial charge in [-0.15, -0.1) is 0 Å². The van der Waals surface area contributed by atoms with Gasteiger partial charge in [0.1, 0.15) is 18.1 Å². The molecule has 1 saturated heterocycles. The zero-order chi connectivity index (χ0) is 23.0. The van der Waals surface area contributed by atoms with Gasteiger partial charge in [-0.25, -0.2) is 4.79 Å². The lowest BCUT2D eigenvalue weighted by Crippen LogP contribution is -2.48. The van der Waals surface area contributed by atoms with E-state index in [-0.39, 0.29) is 5.92 Å². The maximum atomic E-state index is 11.1. The standard InChI is InChI=1S/C24H29NO7/c1-17(20-6-10-21(28-3)11-7-20)25-32-13-12-29-22-8-4-18(5-9-22)14-19-15-30-24(2,23(26)27)31-16-19/h4-11,19H,12-16H2,1-3H3,(H,26,27)/b25-17+. The first-order valence-corrected chi connectivity index (χ1v) is 10.4. The summed E-state index contributed by atoms with van der Waals surface area (Å²) in [6.45, 7) is 4.69. The SMILES string of the molecule is COc1ccc(/C(C)=N/OCCOc2ccc(CC3COC(C)(C(=O)O)OC3)cc2)cc1. The van der Waals surface area contributed by atoms with Crippen LogP contribution in [0.3, 0.4) is 0 Å². The molecule has 0 unspecified atom stereocenters. The second-order valence-electron chi connectivity index (χ2n) is 7.67. The van der Waals surface area contributed by atoms with Gasteiger partial charge in [-0.3, -0.25) is 0 Å². The first-order chi connectivity index (χ1) is 15.4. The molecule has 0 spiro atoms. The average molecular weight is 443 g/mol. The van der Waals surface area contributed by atoms with Gasteiger partial charge < -0.3 is 28.9 Å². The molecule has 172 valence electrons. The molecule has 2 aromatic carbocycles. The molecule has 0 atom stereocenters. The van der Waals surface area contributed by atoms with E-state index in [4.69, 9.17) is 28.9 Å². The molecule has 1 fully saturated rings. The summed E-state index contributed by atoms with van der Waals surface area (Å²) in [6, 6.07) is 15.4. The Kier molecular flexibility index (Phi) is 8.08. The van der Waals surface area contributed by atoms with Crippen molar-refractivity contribution in [3.8, 4) is 11.5 Å². The molecule has 0 bridgehead atoms. The number of nitrogens with zero attached hydrogens (tertiary/aromatic N) is 1. The highest BCUT2D eigenvalue weighted by molar-refractivity contribution is 5.98. The van der Waals surface area contributed by atoms with Crippen LogP contribution >= 0.6 is 0 Å². The van der Waals surface area contributed by atoms with Gasteiger partial charge in [0.25, 0.3) is 5.79 Å². The monoisotopic (exact) mass is 443 g/mol. The van der Waals surface area contributed by atoms with Crippen LogP contribution < -0.4 is 9.47 Å². The number of hydrogen-bond acceptors (Lipinski definition) is 7. The Bertz CT molecular complexity index is 901. The first kappa shape index (κ1) is 23.6. The van der Waals surface area contributed by atoms with E-state index in [0.717, 1.165) is 34.8 Å². The maximum Gasteiger partial charge on any atom is 0.364 e. The van der Waals surface area contributed by atoms with Gasteiger partial charge in [0.15, 0.2) is 6.61 Å². The van der Waals surface area contributed by atoms with E-state index in [1.807, 2.05) is 55.5 Å². The van der Waals surface area contributed by atoms with Crippen molar-refractivity contribution in [2.75, 3.05) is 33.5 Å². The van der Waals surface area contributed by atoms with Crippen molar-refractivity contribution in [2.24, 2.45) is 11.1 Å². The summed E-state index contributed by atoms with van der Waals surface area (Å²) in [7, 11) is 1.63. The Morgan fingerprint density at radius 3 is 2.28 bits per heavy atom. The Morgan fingerprint density at radius 2 is 1.69 bits per heavy atom. The molecule has 1 aliphatic rings. The zero-order valence-corrected chi connectivity index (χ0v) is 18.6. The number of carboxylic acid groups (broad SMARTS) is 1. The van der Waals surface area contributed by atoms with Gasteiger partial charge in [0.05, 0.1) is 26.0 Å². The fraction of sp³-hybridized carbons (Fsp3) is 0.417. The predicted molar refractivity (Wildman–Crippen MR) is 118 cm³/mol. The quantitative estimate of drug-likeness (QED) is 0.341. The minimum atomic E-state index is -1.55. The number of ether oxygens (including phenoxy) is 4. The first-order valence-electron chi connectivity index (χ1n) is 10.4. The zero-order valence-electron chi connectivity index (χ0n) is 18.6. The third kappa shape index (κ3) is 6.45. The number of benzene rings is 2. The number of rotatable bonds is 10. The van der Waals surface area contributed by atoms with E-state index in [1.165, 1.54) is 6.92 Å². The minimum absolute atomic E-state index is 0.106. The largest absolute Gasteiger partial charge is 0.497 e. The second-order valence-corrected chi connectivity index (χ2v) is 7.67. The number of aliphatic carboxylic acids is 1. The molecule has 2 aromatic rings. The van der Waals surface area contributed by atoms with Crippen molar-refractivity contribution in [1.29, 1.82) is 0 Å². The van der Waals surface area contributed by atoms with Gasteiger partial charge in [-0.05, 0) is 60.9 Å². The van der Waals surface area contributed by atoms with Crippen LogP contribution in [0.2, 0.25) is 0 Å². The van der Waals surface area contributed by atoms with Crippen LogP contribution in [0.15, 0.2) is 53.7 Å². The second kappa shape index (κ2) is 11.0. The maximum absolute atomic E-state index is 11.1. The summed E-state index contributed by atoms with van der Waals surface area (Å²) in [4.78, 5) is 16.5. The molecule has 0 radical (unpaired) electrons. The molecule has 0 amide bonds. The van der Waals surface area contributed by atoms with E-state index >= 15 is 0 Å². The van der Waals surface area contributed by atoms with E-state index in [1.54, 1.807) is 7.11 Å². The highest BCUT2D eigenvalue weighted by Crippen LogP contribution is 2.24. The van der Waals surface area contributed by atoms with E-state index in [0.29, 0.717) is 26.4 Å². The highest BCUT2D eigenvalue weighted by Gasteiger charge is 2.40. The van der Waals surface area contributed by atoms with Crippen molar-refractivity contribution in [1.82, 2.24) is 0 Å².